The fraction of sp³-hybridized carbons (Fsp3) is 0.462. The molecule has 9 aliphatic heterocycles. The molecule has 9 saturated heterocycles. The Balaban J connectivity index is 0.000000129. The number of aromatic nitrogens is 21. The fourth-order valence-electron chi connectivity index (χ4n) is 16.2. The predicted molar refractivity (Wildman–Crippen MR) is 484 cm³/mol. The maximum Gasteiger partial charge on any atom is 0.386 e. The van der Waals surface area contributed by atoms with Crippen LogP contribution in [0.1, 0.15) is 62.2 Å². The highest BCUT2D eigenvalue weighted by Crippen LogP contribution is 2.62. The molecule has 0 saturated carbocycles. The van der Waals surface area contributed by atoms with Crippen LogP contribution in [0.4, 0.5) is 43.7 Å². The van der Waals surface area contributed by atoms with E-state index in [1.54, 1.807) is 56.6 Å². The van der Waals surface area contributed by atoms with Crippen LogP contribution in [0.25, 0.3) is 66.7 Å². The second-order valence-electron chi connectivity index (χ2n) is 30.8. The molecule has 0 spiro atoms. The molecule has 710 valence electrons. The molecule has 9 aliphatic rings. The van der Waals surface area contributed by atoms with Gasteiger partial charge in [-0.15, -0.1) is 28.4 Å². The van der Waals surface area contributed by atoms with Crippen molar-refractivity contribution in [1.29, 1.82) is 0 Å². The van der Waals surface area contributed by atoms with Gasteiger partial charge < -0.3 is 128 Å². The lowest BCUT2D eigenvalue weighted by molar-refractivity contribution is -0.0891. The maximum atomic E-state index is 16.1. The van der Waals surface area contributed by atoms with Crippen LogP contribution in [0.2, 0.25) is 0 Å². The minimum Gasteiger partial charge on any atom is -0.398 e. The second kappa shape index (κ2) is 36.3. The third-order valence-electron chi connectivity index (χ3n) is 22.2. The predicted octanol–water partition coefficient (Wildman–Crippen LogP) is 3.10. The van der Waals surface area contributed by atoms with E-state index >= 15 is 8.78 Å². The molecule has 21 rings (SSSR count). The molecule has 0 radical (unpaired) electrons. The number of pyridine rings is 3. The molecule has 6 bridgehead atoms. The van der Waals surface area contributed by atoms with E-state index < -0.39 is 192 Å². The van der Waals surface area contributed by atoms with Crippen molar-refractivity contribution in [2.75, 3.05) is 74.0 Å². The number of anilines is 6. The van der Waals surface area contributed by atoms with Gasteiger partial charge in [0, 0.05) is 77.6 Å². The summed E-state index contributed by atoms with van der Waals surface area (Å²) in [5, 5.41) is 15.8. The summed E-state index contributed by atoms with van der Waals surface area (Å²) in [5.74, 6) is 1.89. The summed E-state index contributed by atoms with van der Waals surface area (Å²) in [7, 11) is 0. The van der Waals surface area contributed by atoms with Gasteiger partial charge in [-0.2, -0.15) is 24.3 Å². The minimum atomic E-state index is -4.39. The SMILES string of the molecule is C#C[C@@]12COP(O)(=S)O[C@@H]3[C@@H](F)[C@@H](COP(=O)(S)O[C@H]1C[C@H](n1cnc4c(N)ccnc41)O2)O[C@H]3n1nnc2c(=O)[nH]c(N)nc21.Nc1nc2c(ncn2[C@@H]2S[C@@H]3COP(O)(=S)O[C@H]4[C@H](F)[C@H](n5ccc6c(N)ccnc65)O[C@@H]4COP(O)(=S)O[C@@H]2C3)c(=O)[nH]1.Nc1nc2c(nnn2[C@@H]2O[C@@H]3COP(O)(=S)O[C@H]4C[C@H](n5ccc6c(N)ccnc65)O[C@@H]4COP(O)(=S)O[C@@H]2C3)c(=O)[nH]1. The molecule has 12 aromatic heterocycles. The third kappa shape index (κ3) is 19.0. The molecule has 0 aliphatic carbocycles. The number of H-pyrrole nitrogens is 3. The number of rotatable bonds is 6. The van der Waals surface area contributed by atoms with Crippen LogP contribution in [-0.2, 0) is 142 Å². The normalized spacial score (nSPS) is 36.3. The van der Waals surface area contributed by atoms with Crippen molar-refractivity contribution in [1.82, 2.24) is 103 Å². The van der Waals surface area contributed by atoms with Gasteiger partial charge in [0.25, 0.3) is 16.7 Å². The Bertz CT molecular complexity index is 7150. The van der Waals surface area contributed by atoms with Gasteiger partial charge in [-0.25, -0.2) is 38.3 Å². The molecule has 21 heterocycles. The molecule has 12 aromatic rings. The standard InChI is InChI=1S/C22H23FN10O9P2S2.C22H25FN8O8P2S3.C21H25N9O9P2S2/c1-2-22-7-38-44(36,46)42-16-13(23)10(39-20(16)33-18-15(30-31-33)19(34)29-21(25)28-18)6-37-43(35,45)41-11(22)5-12(40-22)32-8-27-14-9(24)3-4-26-17(14)32;23-14-16-13(37-20(14)30-4-2-10-11(24)1-3-26-17(10)30)7-36-40(33,42)38-12-5-9(6-35-41(34,43)39-16)44-21(12)31-8-27-15-18(31)28-22(25)29-19(15)32;22-11-1-3-24-17-10(11)2-4-29(17)15-6-12-14(37-15)8-35-41(33,43)39-13-5-9(7-34-40(32,42)38-12)36-20(13)30-18-16(27-28-30)19(31)26-21(23)25-18/h1,3-4,8,10-13,16,20H,5-7H2,(H2,24,26)(H,35,45)(H,36,46)(H3,25,28,29,34);1-4,8-9,12-14,16,20-21H,5-7H2,(H2,24,26)(H,33,42)(H,34,43)(H3,25,28,29,32);1-4,9,12-15,20H,5-8H2,(H2,22,24)(H,32,42)(H,33,43)(H3,23,25,26,31)/t10-,11+,12-,13+,16-,20-,22-,43?,44?;9-,12+,13+,14-,16+,20+,21+,40?,41?;9-,12-,13+,14+,15+,20+,40?,41?/m100/s1. The number of nitrogens with one attached hydrogen (secondary N) is 3. The second-order valence-corrected chi connectivity index (χ2v) is 49.0. The monoisotopic (exact) mass is 2100 g/mol. The number of imidazole rings is 2. The number of nitrogens with two attached hydrogens (primary N) is 6. The summed E-state index contributed by atoms with van der Waals surface area (Å²) in [5.41, 5.74) is 34.4. The molecular formula is C65H73F2N27O26P6S7. The van der Waals surface area contributed by atoms with Crippen molar-refractivity contribution in [3.05, 3.63) is 105 Å². The molecule has 0 amide bonds. The molecule has 20 N–H and O–H groups in total. The van der Waals surface area contributed by atoms with E-state index in [1.807, 2.05) is 6.07 Å². The van der Waals surface area contributed by atoms with E-state index in [0.29, 0.717) is 44.9 Å². The minimum absolute atomic E-state index is 0.0207. The Morgan fingerprint density at radius 1 is 0.489 bits per heavy atom. The van der Waals surface area contributed by atoms with Crippen LogP contribution < -0.4 is 51.1 Å². The van der Waals surface area contributed by atoms with E-state index in [-0.39, 0.29) is 102 Å². The van der Waals surface area contributed by atoms with Gasteiger partial charge in [-0.05, 0) is 95.8 Å². The zero-order valence-corrected chi connectivity index (χ0v) is 78.4. The number of aromatic amines is 3. The Hall–Kier alpha value is -7.57. The summed E-state index contributed by atoms with van der Waals surface area (Å²) in [6.07, 6.45) is -3.33. The first-order valence-corrected chi connectivity index (χ1v) is 55.8. The smallest absolute Gasteiger partial charge is 0.386 e. The number of thioether (sulfide) groups is 1. The van der Waals surface area contributed by atoms with E-state index in [9.17, 15) is 43.4 Å². The van der Waals surface area contributed by atoms with Crippen LogP contribution in [0, 0.1) is 12.3 Å². The molecule has 53 nitrogen and oxygen atoms in total. The van der Waals surface area contributed by atoms with Gasteiger partial charge in [-0.1, -0.05) is 28.6 Å². The Kier molecular flexibility index (Phi) is 25.8. The number of terminal acetylenes is 1. The number of nitrogen functional groups attached to an aromatic ring is 6. The molecule has 6 unspecified atom stereocenters. The molecule has 68 heteroatoms. The number of ether oxygens (including phenoxy) is 5. The number of nitrogens with zero attached hydrogens (tertiary/aromatic N) is 18. The van der Waals surface area contributed by atoms with E-state index in [2.05, 4.69) is 93.6 Å². The highest BCUT2D eigenvalue weighted by Gasteiger charge is 2.58. The number of alkyl halides is 2. The number of hydrogen-bond donors (Lipinski definition) is 15. The first-order chi connectivity index (χ1) is 63.1. The first kappa shape index (κ1) is 94.4. The molecule has 133 heavy (non-hydrogen) atoms. The summed E-state index contributed by atoms with van der Waals surface area (Å²) >= 11 is 31.9. The van der Waals surface area contributed by atoms with Crippen LogP contribution in [-0.4, -0.2) is 251 Å². The van der Waals surface area contributed by atoms with Crippen LogP contribution in [0.5, 0.6) is 0 Å². The Morgan fingerprint density at radius 3 is 1.68 bits per heavy atom. The molecule has 9 fully saturated rings. The van der Waals surface area contributed by atoms with Crippen molar-refractivity contribution in [3.8, 4) is 12.3 Å². The van der Waals surface area contributed by atoms with Crippen molar-refractivity contribution in [3.63, 3.8) is 0 Å². The highest BCUT2D eigenvalue weighted by molar-refractivity contribution is 8.44. The van der Waals surface area contributed by atoms with Gasteiger partial charge in [0.2, 0.25) is 17.8 Å². The van der Waals surface area contributed by atoms with E-state index in [1.165, 1.54) is 46.1 Å². The van der Waals surface area contributed by atoms with Gasteiger partial charge in [0.15, 0.2) is 75.8 Å². The van der Waals surface area contributed by atoms with Crippen LogP contribution in [0.3, 0.4) is 0 Å². The van der Waals surface area contributed by atoms with E-state index in [0.717, 1.165) is 10.1 Å². The number of thiol groups is 1. The zero-order valence-electron chi connectivity index (χ0n) is 67.2. The van der Waals surface area contributed by atoms with Gasteiger partial charge in [-0.3, -0.25) is 56.6 Å². The number of halogens is 2. The fourth-order valence-corrected chi connectivity index (χ4v) is 26.7. The lowest BCUT2D eigenvalue weighted by atomic mass is 9.99. The lowest BCUT2D eigenvalue weighted by Gasteiger charge is -2.32. The summed E-state index contributed by atoms with van der Waals surface area (Å²) in [6.45, 7) is -26.9. The lowest BCUT2D eigenvalue weighted by Crippen LogP contribution is -2.43. The topological polar surface area (TPSA) is 714 Å². The summed E-state index contributed by atoms with van der Waals surface area (Å²) in [6, 6.07) is 8.38. The van der Waals surface area contributed by atoms with Crippen molar-refractivity contribution in [2.24, 2.45) is 0 Å². The Morgan fingerprint density at radius 2 is 1.02 bits per heavy atom. The highest BCUT2D eigenvalue weighted by atomic mass is 32.7. The van der Waals surface area contributed by atoms with Crippen molar-refractivity contribution >= 4 is 225 Å². The van der Waals surface area contributed by atoms with Gasteiger partial charge in [0.05, 0.1) is 76.3 Å². The average molecular weight is 2100 g/mol. The van der Waals surface area contributed by atoms with Crippen LogP contribution in [0.15, 0.2) is 88.4 Å². The summed E-state index contributed by atoms with van der Waals surface area (Å²) in [4.78, 5) is 133. The maximum absolute atomic E-state index is 16.1. The van der Waals surface area contributed by atoms with Crippen molar-refractivity contribution < 1.29 is 116 Å². The largest absolute Gasteiger partial charge is 0.398 e. The van der Waals surface area contributed by atoms with E-state index in [4.69, 9.17) is 178 Å². The quantitative estimate of drug-likeness (QED) is 0.0646. The molecule has 26 atom stereocenters. The Labute approximate surface area is 776 Å². The van der Waals surface area contributed by atoms with Crippen LogP contribution >= 0.6 is 64.4 Å². The third-order valence-corrected chi connectivity index (χ3v) is 33.2. The van der Waals surface area contributed by atoms with Crippen molar-refractivity contribution in [2.45, 2.75) is 146 Å². The number of fused-ring (bicyclic) bond motifs is 15. The number of hydrogen-bond acceptors (Lipinski definition) is 45. The first-order valence-electron chi connectivity index (χ1n) is 39.2. The molecular weight excluding hydrogens is 2020 g/mol. The van der Waals surface area contributed by atoms with Gasteiger partial charge in [0.1, 0.15) is 77.4 Å². The summed E-state index contributed by atoms with van der Waals surface area (Å²) < 4.78 is 153. The molecule has 0 aromatic carbocycles. The zero-order chi connectivity index (χ0) is 93.7. The average Bonchev–Trinajstić information content (AvgIpc) is 1.61. The van der Waals surface area contributed by atoms with Gasteiger partial charge >= 0.3 is 40.4 Å².